The van der Waals surface area contributed by atoms with Gasteiger partial charge in [-0.25, -0.2) is 0 Å². The highest BCUT2D eigenvalue weighted by Gasteiger charge is 2.36. The molecule has 1 N–H and O–H groups in total. The Morgan fingerprint density at radius 3 is 1.41 bits per heavy atom. The second kappa shape index (κ2) is 17.5. The standard InChI is InChI=1S/C24H46O3/c1-2-3-4-5-6-7-8-9-10-11-13-16-19-22-23(27-22)20-17-14-12-15-18-21-24(25)26/h22-23H,2-21H2,1H3,(H,25,26). The van der Waals surface area contributed by atoms with Crippen LogP contribution in [0, 0.1) is 0 Å². The minimum Gasteiger partial charge on any atom is -0.481 e. The third kappa shape index (κ3) is 16.1. The van der Waals surface area contributed by atoms with Crippen molar-refractivity contribution in [1.82, 2.24) is 0 Å². The molecular weight excluding hydrogens is 336 g/mol. The number of carboxylic acid groups (broad SMARTS) is 1. The normalized spacial score (nSPS) is 18.7. The first-order chi connectivity index (χ1) is 13.2. The van der Waals surface area contributed by atoms with Gasteiger partial charge < -0.3 is 9.84 Å². The summed E-state index contributed by atoms with van der Waals surface area (Å²) in [6.45, 7) is 2.28. The van der Waals surface area contributed by atoms with Gasteiger partial charge in [0, 0.05) is 6.42 Å². The van der Waals surface area contributed by atoms with E-state index in [0.717, 1.165) is 12.8 Å². The zero-order valence-electron chi connectivity index (χ0n) is 18.1. The Kier molecular flexibility index (Phi) is 15.9. The van der Waals surface area contributed by atoms with Crippen molar-refractivity contribution in [2.75, 3.05) is 0 Å². The Morgan fingerprint density at radius 2 is 1.00 bits per heavy atom. The van der Waals surface area contributed by atoms with E-state index < -0.39 is 5.97 Å². The molecule has 0 saturated carbocycles. The molecule has 0 aromatic rings. The first-order valence-corrected chi connectivity index (χ1v) is 12.1. The summed E-state index contributed by atoms with van der Waals surface area (Å²) in [7, 11) is 0. The van der Waals surface area contributed by atoms with Crippen molar-refractivity contribution in [2.24, 2.45) is 0 Å². The Morgan fingerprint density at radius 1 is 0.630 bits per heavy atom. The summed E-state index contributed by atoms with van der Waals surface area (Å²) < 4.78 is 5.80. The molecule has 1 fully saturated rings. The lowest BCUT2D eigenvalue weighted by molar-refractivity contribution is -0.137. The lowest BCUT2D eigenvalue weighted by atomic mass is 10.0. The van der Waals surface area contributed by atoms with Gasteiger partial charge in [-0.15, -0.1) is 0 Å². The Bertz CT molecular complexity index is 343. The van der Waals surface area contributed by atoms with E-state index in [1.807, 2.05) is 0 Å². The maximum Gasteiger partial charge on any atom is 0.303 e. The van der Waals surface area contributed by atoms with E-state index in [2.05, 4.69) is 6.92 Å². The van der Waals surface area contributed by atoms with Crippen LogP contribution in [-0.4, -0.2) is 23.3 Å². The van der Waals surface area contributed by atoms with Crippen LogP contribution in [0.4, 0.5) is 0 Å². The van der Waals surface area contributed by atoms with Crippen molar-refractivity contribution in [1.29, 1.82) is 0 Å². The number of hydrogen-bond donors (Lipinski definition) is 1. The van der Waals surface area contributed by atoms with Gasteiger partial charge in [0.15, 0.2) is 0 Å². The third-order valence-corrected chi connectivity index (χ3v) is 5.91. The topological polar surface area (TPSA) is 49.8 Å². The van der Waals surface area contributed by atoms with Crippen molar-refractivity contribution in [2.45, 2.75) is 148 Å². The Balaban J connectivity index is 1.72. The lowest BCUT2D eigenvalue weighted by Gasteiger charge is -2.02. The summed E-state index contributed by atoms with van der Waals surface area (Å²) in [5.74, 6) is -0.665. The highest BCUT2D eigenvalue weighted by atomic mass is 16.6. The second-order valence-electron chi connectivity index (χ2n) is 8.59. The van der Waals surface area contributed by atoms with Gasteiger partial charge in [-0.1, -0.05) is 110 Å². The number of rotatable bonds is 21. The van der Waals surface area contributed by atoms with Crippen molar-refractivity contribution in [3.8, 4) is 0 Å². The van der Waals surface area contributed by atoms with Crippen molar-refractivity contribution < 1.29 is 14.6 Å². The van der Waals surface area contributed by atoms with Crippen LogP contribution in [0.5, 0.6) is 0 Å². The van der Waals surface area contributed by atoms with Crippen LogP contribution in [0.25, 0.3) is 0 Å². The zero-order chi connectivity index (χ0) is 19.6. The SMILES string of the molecule is CCCCCCCCCCCCCCC1OC1CCCCCCCC(=O)O. The molecule has 0 aliphatic carbocycles. The van der Waals surface area contributed by atoms with Gasteiger partial charge in [-0.05, 0) is 19.3 Å². The number of unbranched alkanes of at least 4 members (excludes halogenated alkanes) is 15. The van der Waals surface area contributed by atoms with Gasteiger partial charge in [-0.2, -0.15) is 0 Å². The largest absolute Gasteiger partial charge is 0.481 e. The summed E-state index contributed by atoms with van der Waals surface area (Å²) in [6.07, 6.45) is 26.4. The number of hydrogen-bond acceptors (Lipinski definition) is 2. The smallest absolute Gasteiger partial charge is 0.303 e. The predicted molar refractivity (Wildman–Crippen MR) is 114 cm³/mol. The predicted octanol–water partition coefficient (Wildman–Crippen LogP) is 7.66. The van der Waals surface area contributed by atoms with Crippen molar-refractivity contribution in [3.05, 3.63) is 0 Å². The number of epoxide rings is 1. The molecule has 1 aliphatic heterocycles. The highest BCUT2D eigenvalue weighted by Crippen LogP contribution is 2.31. The molecule has 2 unspecified atom stereocenters. The molecule has 0 spiro atoms. The molecule has 0 bridgehead atoms. The van der Waals surface area contributed by atoms with E-state index >= 15 is 0 Å². The fourth-order valence-electron chi connectivity index (χ4n) is 4.03. The van der Waals surface area contributed by atoms with E-state index in [1.165, 1.54) is 109 Å². The molecule has 0 radical (unpaired) electrons. The van der Waals surface area contributed by atoms with Gasteiger partial charge >= 0.3 is 5.97 Å². The number of carboxylic acids is 1. The molecule has 27 heavy (non-hydrogen) atoms. The summed E-state index contributed by atoms with van der Waals surface area (Å²) >= 11 is 0. The van der Waals surface area contributed by atoms with Crippen LogP contribution in [0.15, 0.2) is 0 Å². The van der Waals surface area contributed by atoms with Crippen molar-refractivity contribution in [3.63, 3.8) is 0 Å². The fraction of sp³-hybridized carbons (Fsp3) is 0.958. The van der Waals surface area contributed by atoms with Gasteiger partial charge in [0.25, 0.3) is 0 Å². The van der Waals surface area contributed by atoms with E-state index in [-0.39, 0.29) is 0 Å². The molecular formula is C24H46O3. The van der Waals surface area contributed by atoms with Gasteiger partial charge in [0.1, 0.15) is 0 Å². The summed E-state index contributed by atoms with van der Waals surface area (Å²) in [6, 6.07) is 0. The molecule has 0 aromatic carbocycles. The van der Waals surface area contributed by atoms with E-state index in [4.69, 9.17) is 9.84 Å². The van der Waals surface area contributed by atoms with Crippen molar-refractivity contribution >= 4 is 5.97 Å². The molecule has 1 aliphatic rings. The van der Waals surface area contributed by atoms with Crippen LogP contribution < -0.4 is 0 Å². The molecule has 160 valence electrons. The molecule has 1 saturated heterocycles. The molecule has 0 amide bonds. The monoisotopic (exact) mass is 382 g/mol. The van der Waals surface area contributed by atoms with Crippen LogP contribution in [0.3, 0.4) is 0 Å². The number of aliphatic carboxylic acids is 1. The maximum atomic E-state index is 10.4. The van der Waals surface area contributed by atoms with E-state index in [9.17, 15) is 4.79 Å². The molecule has 3 nitrogen and oxygen atoms in total. The first-order valence-electron chi connectivity index (χ1n) is 12.1. The number of carbonyl (C=O) groups is 1. The molecule has 1 heterocycles. The van der Waals surface area contributed by atoms with Crippen LogP contribution in [0.1, 0.15) is 135 Å². The lowest BCUT2D eigenvalue weighted by Crippen LogP contribution is -1.95. The van der Waals surface area contributed by atoms with Crippen LogP contribution >= 0.6 is 0 Å². The minimum atomic E-state index is -0.665. The fourth-order valence-corrected chi connectivity index (χ4v) is 4.03. The van der Waals surface area contributed by atoms with Gasteiger partial charge in [0.2, 0.25) is 0 Å². The van der Waals surface area contributed by atoms with E-state index in [0.29, 0.717) is 18.6 Å². The molecule has 1 rings (SSSR count). The average molecular weight is 383 g/mol. The Hall–Kier alpha value is -0.570. The zero-order valence-corrected chi connectivity index (χ0v) is 18.1. The van der Waals surface area contributed by atoms with E-state index in [1.54, 1.807) is 0 Å². The van der Waals surface area contributed by atoms with Gasteiger partial charge in [-0.3, -0.25) is 4.79 Å². The summed E-state index contributed by atoms with van der Waals surface area (Å²) in [5.41, 5.74) is 0. The van der Waals surface area contributed by atoms with Crippen LogP contribution in [-0.2, 0) is 9.53 Å². The summed E-state index contributed by atoms with van der Waals surface area (Å²) in [4.78, 5) is 10.4. The van der Waals surface area contributed by atoms with Crippen LogP contribution in [0.2, 0.25) is 0 Å². The first kappa shape index (κ1) is 24.5. The highest BCUT2D eigenvalue weighted by molar-refractivity contribution is 5.66. The quantitative estimate of drug-likeness (QED) is 0.164. The maximum absolute atomic E-state index is 10.4. The minimum absolute atomic E-state index is 0.326. The second-order valence-corrected chi connectivity index (χ2v) is 8.59. The third-order valence-electron chi connectivity index (χ3n) is 5.91. The number of ether oxygens (including phenoxy) is 1. The Labute approximate surface area is 168 Å². The van der Waals surface area contributed by atoms with Gasteiger partial charge in [0.05, 0.1) is 12.2 Å². The molecule has 0 aromatic heterocycles. The summed E-state index contributed by atoms with van der Waals surface area (Å²) in [5, 5.41) is 8.60. The molecule has 3 heteroatoms. The molecule has 2 atom stereocenters. The average Bonchev–Trinajstić information content (AvgIpc) is 3.40.